The summed E-state index contributed by atoms with van der Waals surface area (Å²) in [4.78, 5) is 12.3. The highest BCUT2D eigenvalue weighted by atomic mass is 16.5. The SMILES string of the molecule is COC(=O)c1c(C)n(C(C)C2CC3CNCC3C2)c2ccccc12. The minimum absolute atomic E-state index is 0.234. The van der Waals surface area contributed by atoms with Crippen LogP contribution < -0.4 is 5.32 Å². The van der Waals surface area contributed by atoms with Gasteiger partial charge in [-0.05, 0) is 63.6 Å². The number of rotatable bonds is 3. The molecule has 1 aromatic heterocycles. The fourth-order valence-electron chi connectivity index (χ4n) is 5.09. The van der Waals surface area contributed by atoms with E-state index in [9.17, 15) is 4.79 Å². The van der Waals surface area contributed by atoms with E-state index in [1.165, 1.54) is 33.0 Å². The molecule has 0 bridgehead atoms. The molecule has 0 spiro atoms. The summed E-state index contributed by atoms with van der Waals surface area (Å²) in [7, 11) is 1.46. The zero-order valence-electron chi connectivity index (χ0n) is 14.7. The van der Waals surface area contributed by atoms with Gasteiger partial charge in [-0.15, -0.1) is 0 Å². The fourth-order valence-corrected chi connectivity index (χ4v) is 5.09. The second kappa shape index (κ2) is 5.92. The topological polar surface area (TPSA) is 43.3 Å². The Hall–Kier alpha value is -1.81. The molecule has 2 fully saturated rings. The third-order valence-corrected chi connectivity index (χ3v) is 6.33. The molecule has 3 atom stereocenters. The van der Waals surface area contributed by atoms with Crippen LogP contribution in [-0.4, -0.2) is 30.7 Å². The van der Waals surface area contributed by atoms with Crippen LogP contribution in [0.25, 0.3) is 10.9 Å². The Morgan fingerprint density at radius 1 is 1.25 bits per heavy atom. The van der Waals surface area contributed by atoms with E-state index in [-0.39, 0.29) is 5.97 Å². The summed E-state index contributed by atoms with van der Waals surface area (Å²) in [6, 6.07) is 8.61. The number of benzene rings is 1. The summed E-state index contributed by atoms with van der Waals surface area (Å²) in [6.07, 6.45) is 2.58. The van der Waals surface area contributed by atoms with Gasteiger partial charge in [0.15, 0.2) is 0 Å². The van der Waals surface area contributed by atoms with Crippen LogP contribution in [-0.2, 0) is 4.74 Å². The maximum Gasteiger partial charge on any atom is 0.340 e. The summed E-state index contributed by atoms with van der Waals surface area (Å²) >= 11 is 0. The molecule has 4 nitrogen and oxygen atoms in total. The predicted molar refractivity (Wildman–Crippen MR) is 95.3 cm³/mol. The average Bonchev–Trinajstić information content (AvgIpc) is 3.24. The molecule has 1 aromatic carbocycles. The molecule has 1 saturated carbocycles. The minimum Gasteiger partial charge on any atom is -0.465 e. The van der Waals surface area contributed by atoms with Gasteiger partial charge in [0.2, 0.25) is 0 Å². The van der Waals surface area contributed by atoms with Crippen molar-refractivity contribution in [2.24, 2.45) is 17.8 Å². The Morgan fingerprint density at radius 2 is 1.92 bits per heavy atom. The van der Waals surface area contributed by atoms with Crippen molar-refractivity contribution in [1.82, 2.24) is 9.88 Å². The number of nitrogens with one attached hydrogen (secondary N) is 1. The van der Waals surface area contributed by atoms with Gasteiger partial charge < -0.3 is 14.6 Å². The van der Waals surface area contributed by atoms with Crippen LogP contribution in [0.2, 0.25) is 0 Å². The fraction of sp³-hybridized carbons (Fsp3) is 0.550. The van der Waals surface area contributed by atoms with Gasteiger partial charge >= 0.3 is 5.97 Å². The van der Waals surface area contributed by atoms with Crippen LogP contribution in [0.5, 0.6) is 0 Å². The summed E-state index contributed by atoms with van der Waals surface area (Å²) in [5.41, 5.74) is 2.91. The molecule has 0 amide bonds. The van der Waals surface area contributed by atoms with Crippen LogP contribution in [0.1, 0.15) is 41.9 Å². The standard InChI is InChI=1S/C20H26N2O2/c1-12(14-8-15-10-21-11-16(15)9-14)22-13(2)19(20(23)24-3)17-6-4-5-7-18(17)22/h4-7,12,14-16,21H,8-11H2,1-3H3. The van der Waals surface area contributed by atoms with E-state index < -0.39 is 0 Å². The summed E-state index contributed by atoms with van der Waals surface area (Å²) in [6.45, 7) is 6.72. The van der Waals surface area contributed by atoms with E-state index in [1.807, 2.05) is 12.1 Å². The van der Waals surface area contributed by atoms with Crippen molar-refractivity contribution in [2.45, 2.75) is 32.7 Å². The van der Waals surface area contributed by atoms with Crippen molar-refractivity contribution in [3.63, 3.8) is 0 Å². The van der Waals surface area contributed by atoms with Gasteiger partial charge in [-0.25, -0.2) is 4.79 Å². The molecule has 128 valence electrons. The molecule has 0 radical (unpaired) electrons. The van der Waals surface area contributed by atoms with Crippen molar-refractivity contribution in [2.75, 3.05) is 20.2 Å². The molecule has 2 aromatic rings. The van der Waals surface area contributed by atoms with Gasteiger partial charge in [0, 0.05) is 22.6 Å². The minimum atomic E-state index is -0.234. The predicted octanol–water partition coefficient (Wildman–Crippen LogP) is 3.54. The van der Waals surface area contributed by atoms with Gasteiger partial charge in [-0.3, -0.25) is 0 Å². The van der Waals surface area contributed by atoms with E-state index in [0.29, 0.717) is 12.0 Å². The molecule has 3 unspecified atom stereocenters. The van der Waals surface area contributed by atoms with E-state index in [4.69, 9.17) is 4.74 Å². The molecule has 4 rings (SSSR count). The van der Waals surface area contributed by atoms with Gasteiger partial charge in [0.1, 0.15) is 0 Å². The Bertz CT molecular complexity index is 767. The van der Waals surface area contributed by atoms with E-state index in [0.717, 1.165) is 34.0 Å². The number of methoxy groups -OCH3 is 1. The van der Waals surface area contributed by atoms with Crippen LogP contribution >= 0.6 is 0 Å². The first-order valence-electron chi connectivity index (χ1n) is 9.00. The molecule has 2 aliphatic rings. The number of fused-ring (bicyclic) bond motifs is 2. The van der Waals surface area contributed by atoms with Crippen molar-refractivity contribution in [1.29, 1.82) is 0 Å². The van der Waals surface area contributed by atoms with Crippen molar-refractivity contribution in [3.8, 4) is 0 Å². The number of para-hydroxylation sites is 1. The molecular formula is C20H26N2O2. The molecule has 1 N–H and O–H groups in total. The lowest BCUT2D eigenvalue weighted by Crippen LogP contribution is -2.19. The summed E-state index contributed by atoms with van der Waals surface area (Å²) in [5, 5.41) is 4.53. The first-order valence-corrected chi connectivity index (χ1v) is 9.00. The lowest BCUT2D eigenvalue weighted by atomic mass is 9.97. The number of carbonyl (C=O) groups is 1. The van der Waals surface area contributed by atoms with Gasteiger partial charge in [-0.2, -0.15) is 0 Å². The Balaban J connectivity index is 1.76. The normalized spacial score (nSPS) is 27.4. The van der Waals surface area contributed by atoms with Crippen LogP contribution in [0, 0.1) is 24.7 Å². The van der Waals surface area contributed by atoms with Crippen LogP contribution in [0.3, 0.4) is 0 Å². The molecule has 1 saturated heterocycles. The Kier molecular flexibility index (Phi) is 3.87. The highest BCUT2D eigenvalue weighted by Gasteiger charge is 2.40. The molecule has 1 aliphatic heterocycles. The second-order valence-electron chi connectivity index (χ2n) is 7.49. The number of nitrogens with zero attached hydrogens (tertiary/aromatic N) is 1. The highest BCUT2D eigenvalue weighted by Crippen LogP contribution is 2.45. The lowest BCUT2D eigenvalue weighted by molar-refractivity contribution is 0.0601. The smallest absolute Gasteiger partial charge is 0.340 e. The van der Waals surface area contributed by atoms with Gasteiger partial charge in [0.25, 0.3) is 0 Å². The van der Waals surface area contributed by atoms with Crippen molar-refractivity contribution < 1.29 is 9.53 Å². The number of hydrogen-bond acceptors (Lipinski definition) is 3. The zero-order chi connectivity index (χ0) is 16.8. The largest absolute Gasteiger partial charge is 0.465 e. The van der Waals surface area contributed by atoms with Crippen LogP contribution in [0.4, 0.5) is 0 Å². The quantitative estimate of drug-likeness (QED) is 0.877. The first kappa shape index (κ1) is 15.7. The van der Waals surface area contributed by atoms with Gasteiger partial charge in [0.05, 0.1) is 12.7 Å². The first-order chi connectivity index (χ1) is 11.6. The van der Waals surface area contributed by atoms with E-state index >= 15 is 0 Å². The number of carbonyl (C=O) groups excluding carboxylic acids is 1. The van der Waals surface area contributed by atoms with E-state index in [1.54, 1.807) is 0 Å². The molecule has 2 heterocycles. The number of aromatic nitrogens is 1. The Morgan fingerprint density at radius 3 is 2.58 bits per heavy atom. The summed E-state index contributed by atoms with van der Waals surface area (Å²) in [5.74, 6) is 2.11. The molecule has 4 heteroatoms. The van der Waals surface area contributed by atoms with Crippen molar-refractivity contribution >= 4 is 16.9 Å². The second-order valence-corrected chi connectivity index (χ2v) is 7.49. The highest BCUT2D eigenvalue weighted by molar-refractivity contribution is 6.05. The molecular weight excluding hydrogens is 300 g/mol. The third-order valence-electron chi connectivity index (χ3n) is 6.33. The monoisotopic (exact) mass is 326 g/mol. The van der Waals surface area contributed by atoms with Crippen LogP contribution in [0.15, 0.2) is 24.3 Å². The lowest BCUT2D eigenvalue weighted by Gasteiger charge is -2.25. The average molecular weight is 326 g/mol. The number of hydrogen-bond donors (Lipinski definition) is 1. The van der Waals surface area contributed by atoms with E-state index in [2.05, 4.69) is 35.9 Å². The Labute approximate surface area is 143 Å². The third kappa shape index (κ3) is 2.27. The van der Waals surface area contributed by atoms with Crippen molar-refractivity contribution in [3.05, 3.63) is 35.5 Å². The number of ether oxygens (including phenoxy) is 1. The molecule has 24 heavy (non-hydrogen) atoms. The summed E-state index contributed by atoms with van der Waals surface area (Å²) < 4.78 is 7.42. The van der Waals surface area contributed by atoms with Gasteiger partial charge in [-0.1, -0.05) is 18.2 Å². The number of esters is 1. The molecule has 1 aliphatic carbocycles. The maximum absolute atomic E-state index is 12.3. The zero-order valence-corrected chi connectivity index (χ0v) is 14.7. The maximum atomic E-state index is 12.3.